The first-order valence-corrected chi connectivity index (χ1v) is 6.20. The predicted octanol–water partition coefficient (Wildman–Crippen LogP) is 0.687. The lowest BCUT2D eigenvalue weighted by Gasteiger charge is -2.04. The molecule has 0 aromatic carbocycles. The van der Waals surface area contributed by atoms with Gasteiger partial charge in [0.25, 0.3) is 0 Å². The van der Waals surface area contributed by atoms with Crippen molar-refractivity contribution >= 4 is 24.0 Å². The summed E-state index contributed by atoms with van der Waals surface area (Å²) in [6, 6.07) is 0. The van der Waals surface area contributed by atoms with E-state index in [4.69, 9.17) is 5.11 Å². The van der Waals surface area contributed by atoms with Gasteiger partial charge in [0.1, 0.15) is 0 Å². The monoisotopic (exact) mass is 259 g/mol. The molecule has 7 heteroatoms. The normalized spacial score (nSPS) is 14.2. The first-order chi connectivity index (χ1) is 8.08. The molecule has 6 nitrogen and oxygen atoms in total. The quantitative estimate of drug-likeness (QED) is 0.584. The summed E-state index contributed by atoms with van der Waals surface area (Å²) >= 11 is 1.49. The van der Waals surface area contributed by atoms with Gasteiger partial charge in [0.2, 0.25) is 5.91 Å². The summed E-state index contributed by atoms with van der Waals surface area (Å²) in [5.41, 5.74) is 1.07. The van der Waals surface area contributed by atoms with E-state index in [1.54, 1.807) is 0 Å². The minimum absolute atomic E-state index is 0.0432. The van der Waals surface area contributed by atoms with Gasteiger partial charge in [-0.05, 0) is 6.42 Å². The highest BCUT2D eigenvalue weighted by Crippen LogP contribution is 2.16. The third-order valence-corrected chi connectivity index (χ3v) is 2.92. The van der Waals surface area contributed by atoms with Gasteiger partial charge >= 0.3 is 5.97 Å². The Hall–Kier alpha value is -1.37. The molecule has 1 aliphatic heterocycles. The number of carboxylic acids is 1. The Balaban J connectivity index is 2.04. The standard InChI is InChI=1S/C10H17N3O3S/c1-13-7-8(12-17-13)5-6-11-9(14)3-2-4-10(15)16/h7,12H,2-6H2,1H3,(H,11,14)(H,15,16). The maximum atomic E-state index is 11.3. The van der Waals surface area contributed by atoms with Crippen molar-refractivity contribution in [2.75, 3.05) is 13.6 Å². The Morgan fingerprint density at radius 2 is 2.29 bits per heavy atom. The summed E-state index contributed by atoms with van der Waals surface area (Å²) in [5, 5.41) is 11.2. The van der Waals surface area contributed by atoms with Gasteiger partial charge in [-0.3, -0.25) is 9.59 Å². The number of hydrogen-bond acceptors (Lipinski definition) is 5. The lowest BCUT2D eigenvalue weighted by molar-refractivity contribution is -0.137. The minimum Gasteiger partial charge on any atom is -0.481 e. The second-order valence-corrected chi connectivity index (χ2v) is 4.70. The molecular weight excluding hydrogens is 242 g/mol. The number of nitrogens with zero attached hydrogens (tertiary/aromatic N) is 1. The van der Waals surface area contributed by atoms with Crippen molar-refractivity contribution in [2.45, 2.75) is 25.7 Å². The van der Waals surface area contributed by atoms with Crippen LogP contribution in [0.25, 0.3) is 0 Å². The van der Waals surface area contributed by atoms with E-state index < -0.39 is 5.97 Å². The van der Waals surface area contributed by atoms with Crippen molar-refractivity contribution in [3.63, 3.8) is 0 Å². The zero-order valence-corrected chi connectivity index (χ0v) is 10.5. The van der Waals surface area contributed by atoms with E-state index in [1.165, 1.54) is 12.1 Å². The first-order valence-electron chi connectivity index (χ1n) is 5.43. The average Bonchev–Trinajstić information content (AvgIpc) is 2.63. The van der Waals surface area contributed by atoms with Crippen molar-refractivity contribution in [2.24, 2.45) is 0 Å². The molecule has 17 heavy (non-hydrogen) atoms. The van der Waals surface area contributed by atoms with Crippen molar-refractivity contribution in [3.8, 4) is 0 Å². The minimum atomic E-state index is -0.863. The molecule has 96 valence electrons. The summed E-state index contributed by atoms with van der Waals surface area (Å²) in [7, 11) is 1.94. The van der Waals surface area contributed by atoms with Crippen LogP contribution in [0.1, 0.15) is 25.7 Å². The van der Waals surface area contributed by atoms with E-state index in [9.17, 15) is 9.59 Å². The predicted molar refractivity (Wildman–Crippen MR) is 65.7 cm³/mol. The molecule has 0 unspecified atom stereocenters. The molecule has 0 aromatic heterocycles. The van der Waals surface area contributed by atoms with Crippen LogP contribution in [0.2, 0.25) is 0 Å². The van der Waals surface area contributed by atoms with Crippen molar-refractivity contribution in [1.29, 1.82) is 0 Å². The average molecular weight is 259 g/mol. The van der Waals surface area contributed by atoms with E-state index in [0.29, 0.717) is 13.0 Å². The number of carbonyl (C=O) groups is 2. The van der Waals surface area contributed by atoms with Crippen LogP contribution in [-0.4, -0.2) is 34.9 Å². The van der Waals surface area contributed by atoms with Gasteiger partial charge in [0.15, 0.2) is 0 Å². The summed E-state index contributed by atoms with van der Waals surface area (Å²) < 4.78 is 5.06. The van der Waals surface area contributed by atoms with Crippen LogP contribution >= 0.6 is 12.1 Å². The van der Waals surface area contributed by atoms with Crippen LogP contribution in [-0.2, 0) is 9.59 Å². The van der Waals surface area contributed by atoms with E-state index in [1.807, 2.05) is 17.6 Å². The number of carboxylic acid groups (broad SMARTS) is 1. The van der Waals surface area contributed by atoms with Crippen LogP contribution < -0.4 is 10.0 Å². The molecule has 0 atom stereocenters. The molecule has 3 N–H and O–H groups in total. The Kier molecular flexibility index (Phi) is 5.68. The van der Waals surface area contributed by atoms with Gasteiger partial charge in [0.05, 0.1) is 12.1 Å². The SMILES string of the molecule is CN1C=C(CCNC(=O)CCCC(=O)O)NS1. The summed E-state index contributed by atoms with van der Waals surface area (Å²) in [6.45, 7) is 0.569. The van der Waals surface area contributed by atoms with Gasteiger partial charge in [0, 0.05) is 44.8 Å². The second kappa shape index (κ2) is 7.05. The van der Waals surface area contributed by atoms with E-state index >= 15 is 0 Å². The van der Waals surface area contributed by atoms with Crippen LogP contribution in [0.4, 0.5) is 0 Å². The van der Waals surface area contributed by atoms with Crippen LogP contribution in [0.15, 0.2) is 11.9 Å². The number of nitrogens with one attached hydrogen (secondary N) is 2. The lowest BCUT2D eigenvalue weighted by Crippen LogP contribution is -2.25. The van der Waals surface area contributed by atoms with E-state index in [0.717, 1.165) is 12.1 Å². The van der Waals surface area contributed by atoms with Crippen molar-refractivity contribution < 1.29 is 14.7 Å². The third kappa shape index (κ3) is 6.06. The van der Waals surface area contributed by atoms with Gasteiger partial charge in [-0.25, -0.2) is 0 Å². The molecule has 0 radical (unpaired) electrons. The lowest BCUT2D eigenvalue weighted by atomic mass is 10.2. The zero-order chi connectivity index (χ0) is 12.7. The molecule has 1 rings (SSSR count). The fraction of sp³-hybridized carbons (Fsp3) is 0.600. The molecular formula is C10H17N3O3S. The highest BCUT2D eigenvalue weighted by Gasteiger charge is 2.09. The summed E-state index contributed by atoms with van der Waals surface area (Å²) in [5.74, 6) is -0.955. The smallest absolute Gasteiger partial charge is 0.303 e. The molecule has 0 bridgehead atoms. The highest BCUT2D eigenvalue weighted by molar-refractivity contribution is 7.95. The molecule has 1 heterocycles. The number of carbonyl (C=O) groups excluding carboxylic acids is 1. The Labute approximate surface area is 105 Å². The molecule has 0 aliphatic carbocycles. The van der Waals surface area contributed by atoms with Crippen LogP contribution in [0, 0.1) is 0 Å². The number of hydrogen-bond donors (Lipinski definition) is 3. The molecule has 0 fully saturated rings. The fourth-order valence-corrected chi connectivity index (χ4v) is 1.94. The largest absolute Gasteiger partial charge is 0.481 e. The molecule has 0 saturated carbocycles. The second-order valence-electron chi connectivity index (χ2n) is 3.74. The molecule has 0 aromatic rings. The Morgan fingerprint density at radius 1 is 1.53 bits per heavy atom. The number of rotatable bonds is 7. The van der Waals surface area contributed by atoms with E-state index in [2.05, 4.69) is 10.0 Å². The molecule has 1 aliphatic rings. The third-order valence-electron chi connectivity index (χ3n) is 2.17. The van der Waals surface area contributed by atoms with Crippen molar-refractivity contribution in [1.82, 2.24) is 14.3 Å². The number of aliphatic carboxylic acids is 1. The Bertz CT molecular complexity index is 320. The van der Waals surface area contributed by atoms with Gasteiger partial charge < -0.3 is 19.5 Å². The van der Waals surface area contributed by atoms with Crippen LogP contribution in [0.5, 0.6) is 0 Å². The molecule has 0 spiro atoms. The molecule has 1 amide bonds. The van der Waals surface area contributed by atoms with E-state index in [-0.39, 0.29) is 18.7 Å². The first kappa shape index (κ1) is 13.7. The molecule has 0 saturated heterocycles. The maximum absolute atomic E-state index is 11.3. The van der Waals surface area contributed by atoms with Gasteiger partial charge in [-0.15, -0.1) is 0 Å². The van der Waals surface area contributed by atoms with Gasteiger partial charge in [-0.1, -0.05) is 0 Å². The maximum Gasteiger partial charge on any atom is 0.303 e. The van der Waals surface area contributed by atoms with Gasteiger partial charge in [-0.2, -0.15) is 0 Å². The Morgan fingerprint density at radius 3 is 2.88 bits per heavy atom. The zero-order valence-electron chi connectivity index (χ0n) is 9.73. The summed E-state index contributed by atoms with van der Waals surface area (Å²) in [6.07, 6.45) is 3.43. The summed E-state index contributed by atoms with van der Waals surface area (Å²) in [4.78, 5) is 21.5. The number of amides is 1. The van der Waals surface area contributed by atoms with Crippen LogP contribution in [0.3, 0.4) is 0 Å². The fourth-order valence-electron chi connectivity index (χ4n) is 1.34. The topological polar surface area (TPSA) is 81.7 Å². The highest BCUT2D eigenvalue weighted by atomic mass is 32.2. The van der Waals surface area contributed by atoms with Crippen molar-refractivity contribution in [3.05, 3.63) is 11.9 Å².